The summed E-state index contributed by atoms with van der Waals surface area (Å²) in [6.45, 7) is 0.695. The Morgan fingerprint density at radius 2 is 1.92 bits per heavy atom. The van der Waals surface area contributed by atoms with Crippen molar-refractivity contribution in [2.45, 2.75) is 31.7 Å². The molecule has 0 unspecified atom stereocenters. The average molecular weight is 327 g/mol. The number of likely N-dealkylation sites (tertiary alicyclic amines) is 1. The molecule has 2 heterocycles. The van der Waals surface area contributed by atoms with Crippen molar-refractivity contribution in [3.63, 3.8) is 0 Å². The fourth-order valence-electron chi connectivity index (χ4n) is 3.92. The van der Waals surface area contributed by atoms with Crippen LogP contribution in [0.1, 0.15) is 36.2 Å². The van der Waals surface area contributed by atoms with Gasteiger partial charge in [-0.15, -0.1) is 0 Å². The van der Waals surface area contributed by atoms with Gasteiger partial charge in [-0.25, -0.2) is 9.07 Å². The quantitative estimate of drug-likeness (QED) is 0.851. The van der Waals surface area contributed by atoms with Crippen LogP contribution < -0.4 is 5.43 Å². The summed E-state index contributed by atoms with van der Waals surface area (Å²) in [5, 5.41) is 4.22. The lowest BCUT2D eigenvalue weighted by atomic mass is 10.0. The van der Waals surface area contributed by atoms with E-state index < -0.39 is 0 Å². The highest BCUT2D eigenvalue weighted by Crippen LogP contribution is 2.38. The van der Waals surface area contributed by atoms with E-state index in [0.717, 1.165) is 25.7 Å². The van der Waals surface area contributed by atoms with Gasteiger partial charge in [-0.1, -0.05) is 6.42 Å². The van der Waals surface area contributed by atoms with Crippen LogP contribution in [0.3, 0.4) is 0 Å². The van der Waals surface area contributed by atoms with Crippen LogP contribution in [0.5, 0.6) is 0 Å². The van der Waals surface area contributed by atoms with E-state index in [-0.39, 0.29) is 28.9 Å². The molecule has 0 spiro atoms. The standard InChI is InChI=1S/C18H18FN3O2/c19-13-4-6-14(7-5-13)22-11-9-16(23)17(20-22)18(24)21-10-8-12-2-1-3-15(12)21/h4-7,9,11-12,15H,1-3,8,10H2/t12-,15-/m0/s1. The highest BCUT2D eigenvalue weighted by atomic mass is 19.1. The van der Waals surface area contributed by atoms with Gasteiger partial charge < -0.3 is 4.90 Å². The van der Waals surface area contributed by atoms with E-state index in [9.17, 15) is 14.0 Å². The van der Waals surface area contributed by atoms with Gasteiger partial charge >= 0.3 is 0 Å². The zero-order chi connectivity index (χ0) is 16.7. The van der Waals surface area contributed by atoms with Crippen molar-refractivity contribution in [3.05, 3.63) is 58.3 Å². The Hall–Kier alpha value is -2.50. The maximum Gasteiger partial charge on any atom is 0.278 e. The number of hydrogen-bond acceptors (Lipinski definition) is 3. The molecule has 2 aromatic rings. The predicted octanol–water partition coefficient (Wildman–Crippen LogP) is 2.39. The Bertz CT molecular complexity index is 831. The summed E-state index contributed by atoms with van der Waals surface area (Å²) >= 11 is 0. The molecule has 1 aromatic carbocycles. The average Bonchev–Trinajstić information content (AvgIpc) is 3.19. The molecule has 2 atom stereocenters. The summed E-state index contributed by atoms with van der Waals surface area (Å²) in [4.78, 5) is 26.8. The monoisotopic (exact) mass is 327 g/mol. The first kappa shape index (κ1) is 15.1. The molecule has 1 aliphatic heterocycles. The van der Waals surface area contributed by atoms with Gasteiger partial charge in [-0.2, -0.15) is 5.10 Å². The highest BCUT2D eigenvalue weighted by Gasteiger charge is 2.40. The van der Waals surface area contributed by atoms with Crippen LogP contribution in [0.25, 0.3) is 5.69 Å². The highest BCUT2D eigenvalue weighted by molar-refractivity contribution is 5.92. The smallest absolute Gasteiger partial charge is 0.278 e. The molecule has 24 heavy (non-hydrogen) atoms. The van der Waals surface area contributed by atoms with Crippen LogP contribution in [0.15, 0.2) is 41.3 Å². The Morgan fingerprint density at radius 1 is 1.12 bits per heavy atom. The summed E-state index contributed by atoms with van der Waals surface area (Å²) in [5.41, 5.74) is 0.166. The summed E-state index contributed by atoms with van der Waals surface area (Å²) in [7, 11) is 0. The Balaban J connectivity index is 1.67. The van der Waals surface area contributed by atoms with Crippen molar-refractivity contribution in [2.24, 2.45) is 5.92 Å². The van der Waals surface area contributed by atoms with Crippen molar-refractivity contribution in [1.82, 2.24) is 14.7 Å². The minimum absolute atomic E-state index is 0.0608. The van der Waals surface area contributed by atoms with Gasteiger partial charge in [0, 0.05) is 24.8 Å². The van der Waals surface area contributed by atoms with Crippen LogP contribution in [0, 0.1) is 11.7 Å². The number of aromatic nitrogens is 2. The van der Waals surface area contributed by atoms with Crippen molar-refractivity contribution in [2.75, 3.05) is 6.54 Å². The van der Waals surface area contributed by atoms with E-state index in [4.69, 9.17) is 0 Å². The van der Waals surface area contributed by atoms with Crippen molar-refractivity contribution >= 4 is 5.91 Å². The van der Waals surface area contributed by atoms with Gasteiger partial charge in [0.2, 0.25) is 5.43 Å². The second-order valence-electron chi connectivity index (χ2n) is 6.50. The lowest BCUT2D eigenvalue weighted by Gasteiger charge is -2.23. The lowest BCUT2D eigenvalue weighted by Crippen LogP contribution is -2.39. The first-order chi connectivity index (χ1) is 11.6. The molecule has 1 amide bonds. The third-order valence-corrected chi connectivity index (χ3v) is 5.12. The third-order valence-electron chi connectivity index (χ3n) is 5.12. The van der Waals surface area contributed by atoms with Gasteiger partial charge in [-0.3, -0.25) is 9.59 Å². The zero-order valence-electron chi connectivity index (χ0n) is 13.2. The maximum absolute atomic E-state index is 13.1. The molecule has 6 heteroatoms. The van der Waals surface area contributed by atoms with Crippen LogP contribution in [-0.2, 0) is 0 Å². The zero-order valence-corrected chi connectivity index (χ0v) is 13.2. The molecule has 0 N–H and O–H groups in total. The Kier molecular flexibility index (Phi) is 3.67. The number of nitrogens with zero attached hydrogens (tertiary/aromatic N) is 3. The molecule has 5 nitrogen and oxygen atoms in total. The number of amides is 1. The van der Waals surface area contributed by atoms with Crippen LogP contribution >= 0.6 is 0 Å². The molecule has 1 saturated carbocycles. The first-order valence-corrected chi connectivity index (χ1v) is 8.30. The van der Waals surface area contributed by atoms with Gasteiger partial charge in [0.05, 0.1) is 5.69 Å². The normalized spacial score (nSPS) is 22.6. The van der Waals surface area contributed by atoms with Crippen LogP contribution in [0.2, 0.25) is 0 Å². The number of hydrogen-bond donors (Lipinski definition) is 0. The molecule has 2 aliphatic rings. The van der Waals surface area contributed by atoms with Gasteiger partial charge in [0.1, 0.15) is 5.82 Å². The fraction of sp³-hybridized carbons (Fsp3) is 0.389. The molecule has 124 valence electrons. The van der Waals surface area contributed by atoms with E-state index in [1.54, 1.807) is 12.1 Å². The number of rotatable bonds is 2. The number of benzene rings is 1. The minimum atomic E-state index is -0.375. The minimum Gasteiger partial charge on any atom is -0.334 e. The second-order valence-corrected chi connectivity index (χ2v) is 6.50. The number of fused-ring (bicyclic) bond motifs is 1. The maximum atomic E-state index is 13.1. The third kappa shape index (κ3) is 2.52. The van der Waals surface area contributed by atoms with E-state index in [1.165, 1.54) is 29.1 Å². The summed E-state index contributed by atoms with van der Waals surface area (Å²) in [6.07, 6.45) is 5.82. The molecule has 4 rings (SSSR count). The van der Waals surface area contributed by atoms with Crippen molar-refractivity contribution in [1.29, 1.82) is 0 Å². The predicted molar refractivity (Wildman–Crippen MR) is 86.6 cm³/mol. The molecule has 1 saturated heterocycles. The summed E-state index contributed by atoms with van der Waals surface area (Å²) in [5.74, 6) is -0.0664. The largest absolute Gasteiger partial charge is 0.334 e. The molecule has 1 aromatic heterocycles. The summed E-state index contributed by atoms with van der Waals surface area (Å²) in [6, 6.07) is 7.35. The van der Waals surface area contributed by atoms with Crippen LogP contribution in [-0.4, -0.2) is 33.2 Å². The van der Waals surface area contributed by atoms with E-state index in [1.807, 2.05) is 4.90 Å². The lowest BCUT2D eigenvalue weighted by molar-refractivity contribution is 0.0719. The molecule has 2 fully saturated rings. The first-order valence-electron chi connectivity index (χ1n) is 8.30. The van der Waals surface area contributed by atoms with Crippen LogP contribution in [0.4, 0.5) is 4.39 Å². The number of carbonyl (C=O) groups is 1. The molecular formula is C18H18FN3O2. The van der Waals surface area contributed by atoms with Crippen molar-refractivity contribution < 1.29 is 9.18 Å². The van der Waals surface area contributed by atoms with Gasteiger partial charge in [-0.05, 0) is 49.4 Å². The van der Waals surface area contributed by atoms with E-state index in [0.29, 0.717) is 18.2 Å². The SMILES string of the molecule is O=C(c1nn(-c2ccc(F)cc2)ccc1=O)N1CC[C@@H]2CCC[C@@H]21. The molecule has 1 aliphatic carbocycles. The van der Waals surface area contributed by atoms with E-state index in [2.05, 4.69) is 5.10 Å². The summed E-state index contributed by atoms with van der Waals surface area (Å²) < 4.78 is 14.5. The van der Waals surface area contributed by atoms with Gasteiger partial charge in [0.25, 0.3) is 5.91 Å². The Labute approximate surface area is 138 Å². The van der Waals surface area contributed by atoms with E-state index >= 15 is 0 Å². The number of carbonyl (C=O) groups excluding carboxylic acids is 1. The molecule has 0 bridgehead atoms. The van der Waals surface area contributed by atoms with Gasteiger partial charge in [0.15, 0.2) is 5.69 Å². The second kappa shape index (κ2) is 5.85. The van der Waals surface area contributed by atoms with Crippen molar-refractivity contribution in [3.8, 4) is 5.69 Å². The fourth-order valence-corrected chi connectivity index (χ4v) is 3.92. The Morgan fingerprint density at radius 3 is 2.71 bits per heavy atom. The molecule has 0 radical (unpaired) electrons. The molecular weight excluding hydrogens is 309 g/mol. The number of halogens is 1. The topological polar surface area (TPSA) is 55.2 Å².